The van der Waals surface area contributed by atoms with Crippen molar-refractivity contribution < 1.29 is 4.92 Å². The van der Waals surface area contributed by atoms with E-state index in [0.29, 0.717) is 5.69 Å². The predicted molar refractivity (Wildman–Crippen MR) is 86.1 cm³/mol. The first-order chi connectivity index (χ1) is 9.87. The SMILES string of the molecule is Cc1nc2cc(NC3CCCC3(C)C)c([N+](=O)[O-])cc2s1. The van der Waals surface area contributed by atoms with Crippen molar-refractivity contribution in [3.63, 3.8) is 0 Å². The summed E-state index contributed by atoms with van der Waals surface area (Å²) in [6.45, 7) is 6.35. The lowest BCUT2D eigenvalue weighted by molar-refractivity contribution is -0.383. The number of nitro benzene ring substituents is 1. The molecule has 0 radical (unpaired) electrons. The van der Waals surface area contributed by atoms with Gasteiger partial charge in [-0.15, -0.1) is 11.3 Å². The van der Waals surface area contributed by atoms with E-state index in [2.05, 4.69) is 24.1 Å². The van der Waals surface area contributed by atoms with Gasteiger partial charge in [-0.2, -0.15) is 0 Å². The van der Waals surface area contributed by atoms with Gasteiger partial charge in [-0.05, 0) is 31.2 Å². The highest BCUT2D eigenvalue weighted by molar-refractivity contribution is 7.18. The molecule has 21 heavy (non-hydrogen) atoms. The van der Waals surface area contributed by atoms with Gasteiger partial charge in [0.1, 0.15) is 5.69 Å². The molecule has 0 spiro atoms. The maximum atomic E-state index is 11.4. The lowest BCUT2D eigenvalue weighted by atomic mass is 9.87. The Hall–Kier alpha value is -1.69. The van der Waals surface area contributed by atoms with E-state index in [0.717, 1.165) is 34.5 Å². The minimum absolute atomic E-state index is 0.147. The van der Waals surface area contributed by atoms with Gasteiger partial charge in [-0.1, -0.05) is 20.3 Å². The monoisotopic (exact) mass is 305 g/mol. The number of thiazole rings is 1. The van der Waals surface area contributed by atoms with Crippen LogP contribution in [0.2, 0.25) is 0 Å². The molecule has 6 heteroatoms. The smallest absolute Gasteiger partial charge is 0.293 e. The van der Waals surface area contributed by atoms with E-state index in [9.17, 15) is 10.1 Å². The molecular formula is C15H19N3O2S. The summed E-state index contributed by atoms with van der Waals surface area (Å²) in [7, 11) is 0. The van der Waals surface area contributed by atoms with E-state index in [1.54, 1.807) is 6.07 Å². The number of nitrogens with one attached hydrogen (secondary N) is 1. The van der Waals surface area contributed by atoms with Crippen LogP contribution in [-0.2, 0) is 0 Å². The molecule has 0 aliphatic heterocycles. The Morgan fingerprint density at radius 3 is 2.86 bits per heavy atom. The summed E-state index contributed by atoms with van der Waals surface area (Å²) in [5.41, 5.74) is 1.74. The third-order valence-electron chi connectivity index (χ3n) is 4.40. The maximum Gasteiger partial charge on any atom is 0.293 e. The molecule has 3 rings (SSSR count). The molecule has 1 atom stereocenters. The largest absolute Gasteiger partial charge is 0.376 e. The number of hydrogen-bond acceptors (Lipinski definition) is 5. The van der Waals surface area contributed by atoms with Gasteiger partial charge < -0.3 is 5.32 Å². The Bertz CT molecular complexity index is 708. The third kappa shape index (κ3) is 2.60. The van der Waals surface area contributed by atoms with Gasteiger partial charge in [0, 0.05) is 12.1 Å². The van der Waals surface area contributed by atoms with E-state index in [-0.39, 0.29) is 22.1 Å². The Balaban J connectivity index is 2.03. The predicted octanol–water partition coefficient (Wildman–Crippen LogP) is 4.50. The Labute approximate surface area is 127 Å². The van der Waals surface area contributed by atoms with Crippen molar-refractivity contribution in [2.75, 3.05) is 5.32 Å². The zero-order valence-corrected chi connectivity index (χ0v) is 13.3. The van der Waals surface area contributed by atoms with Crippen molar-refractivity contribution in [1.82, 2.24) is 4.98 Å². The number of nitro groups is 1. The fourth-order valence-corrected chi connectivity index (χ4v) is 3.97. The topological polar surface area (TPSA) is 68.1 Å². The maximum absolute atomic E-state index is 11.4. The van der Waals surface area contributed by atoms with Gasteiger partial charge in [0.2, 0.25) is 0 Å². The Morgan fingerprint density at radius 1 is 1.48 bits per heavy atom. The number of aromatic nitrogens is 1. The second-order valence-corrected chi connectivity index (χ2v) is 7.64. The van der Waals surface area contributed by atoms with Crippen LogP contribution in [-0.4, -0.2) is 15.9 Å². The highest BCUT2D eigenvalue weighted by Crippen LogP contribution is 2.41. The summed E-state index contributed by atoms with van der Waals surface area (Å²) in [5.74, 6) is 0. The quantitative estimate of drug-likeness (QED) is 0.669. The summed E-state index contributed by atoms with van der Waals surface area (Å²) in [4.78, 5) is 15.5. The molecule has 1 unspecified atom stereocenters. The van der Waals surface area contributed by atoms with E-state index in [1.807, 2.05) is 13.0 Å². The summed E-state index contributed by atoms with van der Waals surface area (Å²) in [6.07, 6.45) is 3.37. The Morgan fingerprint density at radius 2 is 2.24 bits per heavy atom. The first kappa shape index (κ1) is 14.3. The van der Waals surface area contributed by atoms with E-state index >= 15 is 0 Å². The van der Waals surface area contributed by atoms with Crippen molar-refractivity contribution >= 4 is 32.9 Å². The number of benzene rings is 1. The minimum atomic E-state index is -0.307. The van der Waals surface area contributed by atoms with Crippen molar-refractivity contribution in [2.45, 2.75) is 46.1 Å². The highest BCUT2D eigenvalue weighted by Gasteiger charge is 2.35. The van der Waals surface area contributed by atoms with Crippen molar-refractivity contribution in [1.29, 1.82) is 0 Å². The molecule has 0 bridgehead atoms. The van der Waals surface area contributed by atoms with Crippen LogP contribution in [0.5, 0.6) is 0 Å². The number of aryl methyl sites for hydroxylation is 1. The van der Waals surface area contributed by atoms with E-state index in [1.165, 1.54) is 11.3 Å². The van der Waals surface area contributed by atoms with Gasteiger partial charge in [-0.25, -0.2) is 4.98 Å². The summed E-state index contributed by atoms with van der Waals surface area (Å²) in [6, 6.07) is 3.74. The molecule has 1 aliphatic carbocycles. The zero-order valence-electron chi connectivity index (χ0n) is 12.5. The summed E-state index contributed by atoms with van der Waals surface area (Å²) in [5, 5.41) is 15.7. The van der Waals surface area contributed by atoms with Crippen LogP contribution in [0.25, 0.3) is 10.2 Å². The number of fused-ring (bicyclic) bond motifs is 1. The molecule has 5 nitrogen and oxygen atoms in total. The molecule has 0 saturated heterocycles. The molecule has 1 aliphatic rings. The lowest BCUT2D eigenvalue weighted by Crippen LogP contribution is -2.31. The first-order valence-electron chi connectivity index (χ1n) is 7.19. The van der Waals surface area contributed by atoms with Gasteiger partial charge in [0.25, 0.3) is 5.69 Å². The summed E-state index contributed by atoms with van der Waals surface area (Å²) >= 11 is 1.49. The lowest BCUT2D eigenvalue weighted by Gasteiger charge is -2.28. The number of nitrogens with zero attached hydrogens (tertiary/aromatic N) is 2. The average Bonchev–Trinajstić information content (AvgIpc) is 2.90. The first-order valence-corrected chi connectivity index (χ1v) is 8.00. The number of rotatable bonds is 3. The van der Waals surface area contributed by atoms with Crippen LogP contribution >= 0.6 is 11.3 Å². The summed E-state index contributed by atoms with van der Waals surface area (Å²) < 4.78 is 0.871. The van der Waals surface area contributed by atoms with Gasteiger partial charge in [0.15, 0.2) is 0 Å². The molecule has 2 aromatic rings. The van der Waals surface area contributed by atoms with Crippen LogP contribution in [0.3, 0.4) is 0 Å². The van der Waals surface area contributed by atoms with Gasteiger partial charge in [-0.3, -0.25) is 10.1 Å². The number of anilines is 1. The molecule has 1 heterocycles. The molecule has 0 amide bonds. The molecule has 1 N–H and O–H groups in total. The fourth-order valence-electron chi connectivity index (χ4n) is 3.13. The van der Waals surface area contributed by atoms with Crippen LogP contribution in [0.1, 0.15) is 38.1 Å². The second-order valence-electron chi connectivity index (χ2n) is 6.40. The highest BCUT2D eigenvalue weighted by atomic mass is 32.1. The van der Waals surface area contributed by atoms with Gasteiger partial charge in [0.05, 0.1) is 20.1 Å². The molecular weight excluding hydrogens is 286 g/mol. The average molecular weight is 305 g/mol. The molecule has 112 valence electrons. The van der Waals surface area contributed by atoms with E-state index in [4.69, 9.17) is 0 Å². The molecule has 1 aromatic carbocycles. The number of hydrogen-bond donors (Lipinski definition) is 1. The molecule has 1 fully saturated rings. The molecule has 1 aromatic heterocycles. The van der Waals surface area contributed by atoms with Crippen LogP contribution in [0.15, 0.2) is 12.1 Å². The van der Waals surface area contributed by atoms with Crippen LogP contribution in [0, 0.1) is 22.5 Å². The van der Waals surface area contributed by atoms with Gasteiger partial charge >= 0.3 is 0 Å². The zero-order chi connectivity index (χ0) is 15.2. The Kier molecular flexibility index (Phi) is 3.36. The standard InChI is InChI=1S/C15H19N3O2S/c1-9-16-11-7-10(12(18(19)20)8-13(11)21-9)17-14-5-4-6-15(14,2)3/h7-8,14,17H,4-6H2,1-3H3. The van der Waals surface area contributed by atoms with Crippen LogP contribution < -0.4 is 5.32 Å². The van der Waals surface area contributed by atoms with E-state index < -0.39 is 0 Å². The van der Waals surface area contributed by atoms with Crippen molar-refractivity contribution in [3.05, 3.63) is 27.3 Å². The second kappa shape index (κ2) is 4.94. The van der Waals surface area contributed by atoms with Crippen molar-refractivity contribution in [2.24, 2.45) is 5.41 Å². The van der Waals surface area contributed by atoms with Crippen molar-refractivity contribution in [3.8, 4) is 0 Å². The normalized spacial score (nSPS) is 20.8. The molecule has 1 saturated carbocycles. The van der Waals surface area contributed by atoms with Crippen LogP contribution in [0.4, 0.5) is 11.4 Å². The third-order valence-corrected chi connectivity index (χ3v) is 5.33. The fraction of sp³-hybridized carbons (Fsp3) is 0.533. The minimum Gasteiger partial charge on any atom is -0.376 e.